The number of anilines is 1. The molecule has 1 atom stereocenters. The lowest BCUT2D eigenvalue weighted by Crippen LogP contribution is -2.37. The van der Waals surface area contributed by atoms with E-state index in [-0.39, 0.29) is 11.7 Å². The summed E-state index contributed by atoms with van der Waals surface area (Å²) in [4.78, 5) is 18.8. The molecule has 1 aromatic carbocycles. The third-order valence-electron chi connectivity index (χ3n) is 6.47. The van der Waals surface area contributed by atoms with Gasteiger partial charge in [0, 0.05) is 41.1 Å². The summed E-state index contributed by atoms with van der Waals surface area (Å²) in [7, 11) is 2.11. The number of carbonyl (C=O) groups is 1. The van der Waals surface area contributed by atoms with Crippen LogP contribution in [0, 0.1) is 0 Å². The smallest absolute Gasteiger partial charge is 0.312 e. The molecule has 0 aliphatic carbocycles. The predicted molar refractivity (Wildman–Crippen MR) is 123 cm³/mol. The maximum atomic E-state index is 13.5. The summed E-state index contributed by atoms with van der Waals surface area (Å²) < 4.78 is 41.6. The summed E-state index contributed by atoms with van der Waals surface area (Å²) in [5, 5.41) is 3.86. The van der Waals surface area contributed by atoms with E-state index in [9.17, 15) is 18.0 Å². The zero-order valence-corrected chi connectivity index (χ0v) is 19.3. The number of amides is 2. The van der Waals surface area contributed by atoms with E-state index < -0.39 is 17.8 Å². The van der Waals surface area contributed by atoms with Gasteiger partial charge in [-0.25, -0.2) is 4.79 Å². The molecule has 0 spiro atoms. The first-order chi connectivity index (χ1) is 15.8. The Morgan fingerprint density at radius 3 is 2.76 bits per heavy atom. The van der Waals surface area contributed by atoms with Gasteiger partial charge in [0.15, 0.2) is 0 Å². The SMILES string of the molecule is CC[C@H]1c2cccn2-c2sc3c(c2CN1C(=O)Nc1cccc(C(F)(F)F)c1)CCN(C)C3. The number of halogens is 3. The summed E-state index contributed by atoms with van der Waals surface area (Å²) in [5.74, 6) is 0. The molecule has 0 saturated heterocycles. The van der Waals surface area contributed by atoms with Crippen molar-refractivity contribution in [2.45, 2.75) is 45.1 Å². The molecule has 2 aromatic heterocycles. The summed E-state index contributed by atoms with van der Waals surface area (Å²) in [6.45, 7) is 4.30. The fraction of sp³-hybridized carbons (Fsp3) is 0.375. The number of urea groups is 1. The zero-order chi connectivity index (χ0) is 23.3. The lowest BCUT2D eigenvalue weighted by Gasteiger charge is -2.31. The van der Waals surface area contributed by atoms with Crippen molar-refractivity contribution >= 4 is 23.1 Å². The predicted octanol–water partition coefficient (Wildman–Crippen LogP) is 6.04. The van der Waals surface area contributed by atoms with E-state index in [0.717, 1.165) is 47.9 Å². The molecule has 0 unspecified atom stereocenters. The van der Waals surface area contributed by atoms with Crippen LogP contribution in [0.1, 0.15) is 46.6 Å². The number of benzene rings is 1. The molecule has 0 saturated carbocycles. The van der Waals surface area contributed by atoms with E-state index in [4.69, 9.17) is 0 Å². The first kappa shape index (κ1) is 22.0. The van der Waals surface area contributed by atoms with Gasteiger partial charge >= 0.3 is 12.2 Å². The van der Waals surface area contributed by atoms with Crippen molar-refractivity contribution < 1.29 is 18.0 Å². The normalized spacial score (nSPS) is 18.3. The molecule has 5 nitrogen and oxygen atoms in total. The van der Waals surface area contributed by atoms with Gasteiger partial charge in [0.25, 0.3) is 0 Å². The average molecular weight is 475 g/mol. The molecule has 3 aromatic rings. The molecule has 2 aliphatic heterocycles. The molecular formula is C24H25F3N4OS. The highest BCUT2D eigenvalue weighted by Crippen LogP contribution is 2.42. The zero-order valence-electron chi connectivity index (χ0n) is 18.4. The van der Waals surface area contributed by atoms with E-state index in [1.54, 1.807) is 16.2 Å². The van der Waals surface area contributed by atoms with Crippen LogP contribution >= 0.6 is 11.3 Å². The number of nitrogens with one attached hydrogen (secondary N) is 1. The number of hydrogen-bond donors (Lipinski definition) is 1. The summed E-state index contributed by atoms with van der Waals surface area (Å²) in [5.41, 5.74) is 2.83. The quantitative estimate of drug-likeness (QED) is 0.492. The highest BCUT2D eigenvalue weighted by atomic mass is 32.1. The van der Waals surface area contributed by atoms with Crippen molar-refractivity contribution in [1.82, 2.24) is 14.4 Å². The molecular weight excluding hydrogens is 449 g/mol. The molecule has 4 heterocycles. The topological polar surface area (TPSA) is 40.5 Å². The van der Waals surface area contributed by atoms with Crippen LogP contribution in [-0.2, 0) is 25.7 Å². The third-order valence-corrected chi connectivity index (χ3v) is 7.73. The maximum Gasteiger partial charge on any atom is 0.416 e. The molecule has 0 fully saturated rings. The Kier molecular flexibility index (Phi) is 5.49. The third kappa shape index (κ3) is 3.93. The highest BCUT2D eigenvalue weighted by Gasteiger charge is 2.35. The summed E-state index contributed by atoms with van der Waals surface area (Å²) in [6, 6.07) is 8.22. The van der Waals surface area contributed by atoms with Crippen molar-refractivity contribution in [3.63, 3.8) is 0 Å². The minimum Gasteiger partial charge on any atom is -0.312 e. The molecule has 0 bridgehead atoms. The second-order valence-corrected chi connectivity index (χ2v) is 9.72. The number of rotatable bonds is 2. The molecule has 2 aliphatic rings. The Hall–Kier alpha value is -2.78. The van der Waals surface area contributed by atoms with Crippen LogP contribution in [0.4, 0.5) is 23.7 Å². The van der Waals surface area contributed by atoms with Crippen LogP contribution in [0.3, 0.4) is 0 Å². The van der Waals surface area contributed by atoms with Crippen molar-refractivity contribution in [1.29, 1.82) is 0 Å². The number of likely N-dealkylation sites (N-methyl/N-ethyl adjacent to an activating group) is 1. The minimum absolute atomic E-state index is 0.138. The minimum atomic E-state index is -4.46. The van der Waals surface area contributed by atoms with Crippen LogP contribution in [0.15, 0.2) is 42.6 Å². The Morgan fingerprint density at radius 1 is 1.18 bits per heavy atom. The Bertz CT molecular complexity index is 1200. The van der Waals surface area contributed by atoms with E-state index >= 15 is 0 Å². The van der Waals surface area contributed by atoms with E-state index in [0.29, 0.717) is 13.0 Å². The number of aromatic nitrogens is 1. The second-order valence-electron chi connectivity index (χ2n) is 8.64. The number of fused-ring (bicyclic) bond motifs is 5. The lowest BCUT2D eigenvalue weighted by atomic mass is 10.0. The second kappa shape index (κ2) is 8.22. The fourth-order valence-electron chi connectivity index (χ4n) is 4.84. The van der Waals surface area contributed by atoms with Crippen LogP contribution in [0.5, 0.6) is 0 Å². The summed E-state index contributed by atoms with van der Waals surface area (Å²) in [6.07, 6.45) is -0.807. The van der Waals surface area contributed by atoms with Gasteiger partial charge in [-0.05, 0) is 55.8 Å². The maximum absolute atomic E-state index is 13.5. The van der Waals surface area contributed by atoms with Crippen molar-refractivity contribution in [2.75, 3.05) is 18.9 Å². The monoisotopic (exact) mass is 474 g/mol. The number of thiophene rings is 1. The van der Waals surface area contributed by atoms with Gasteiger partial charge in [-0.15, -0.1) is 11.3 Å². The van der Waals surface area contributed by atoms with Gasteiger partial charge in [-0.3, -0.25) is 0 Å². The van der Waals surface area contributed by atoms with Gasteiger partial charge < -0.3 is 19.7 Å². The molecule has 2 amide bonds. The van der Waals surface area contributed by atoms with E-state index in [1.165, 1.54) is 22.6 Å². The van der Waals surface area contributed by atoms with E-state index in [2.05, 4.69) is 21.8 Å². The van der Waals surface area contributed by atoms with Crippen molar-refractivity contribution in [3.8, 4) is 5.00 Å². The first-order valence-electron chi connectivity index (χ1n) is 11.0. The van der Waals surface area contributed by atoms with Gasteiger partial charge in [0.05, 0.1) is 18.2 Å². The fourth-order valence-corrected chi connectivity index (χ4v) is 6.28. The molecule has 9 heteroatoms. The van der Waals surface area contributed by atoms with Gasteiger partial charge in [-0.1, -0.05) is 13.0 Å². The van der Waals surface area contributed by atoms with E-state index in [1.807, 2.05) is 25.3 Å². The van der Waals surface area contributed by atoms with Gasteiger partial charge in [0.1, 0.15) is 5.00 Å². The standard InChI is InChI=1S/C24H25F3N4OS/c1-3-19-20-8-5-10-30(20)22-18(17-9-11-29(2)14-21(17)33-22)13-31(19)23(32)28-16-7-4-6-15(12-16)24(25,26)27/h4-8,10,12,19H,3,9,11,13-14H2,1-2H3,(H,28,32)/t19-/m0/s1. The molecule has 174 valence electrons. The lowest BCUT2D eigenvalue weighted by molar-refractivity contribution is -0.137. The highest BCUT2D eigenvalue weighted by molar-refractivity contribution is 7.15. The summed E-state index contributed by atoms with van der Waals surface area (Å²) >= 11 is 1.78. The van der Waals surface area contributed by atoms with Crippen LogP contribution < -0.4 is 5.32 Å². The van der Waals surface area contributed by atoms with Crippen LogP contribution in [0.2, 0.25) is 0 Å². The van der Waals surface area contributed by atoms with Gasteiger partial charge in [-0.2, -0.15) is 13.2 Å². The number of carbonyl (C=O) groups excluding carboxylic acids is 1. The van der Waals surface area contributed by atoms with Crippen LogP contribution in [0.25, 0.3) is 5.00 Å². The molecule has 1 N–H and O–H groups in total. The number of nitrogens with zero attached hydrogens (tertiary/aromatic N) is 3. The molecule has 0 radical (unpaired) electrons. The van der Waals surface area contributed by atoms with Crippen LogP contribution in [-0.4, -0.2) is 34.0 Å². The van der Waals surface area contributed by atoms with Gasteiger partial charge in [0.2, 0.25) is 0 Å². The average Bonchev–Trinajstić information content (AvgIpc) is 3.35. The Morgan fingerprint density at radius 2 is 2.00 bits per heavy atom. The molecule has 33 heavy (non-hydrogen) atoms. The van der Waals surface area contributed by atoms with Crippen molar-refractivity contribution in [2.24, 2.45) is 0 Å². The van der Waals surface area contributed by atoms with Crippen molar-refractivity contribution in [3.05, 3.63) is 69.9 Å². The Balaban J connectivity index is 1.52. The number of hydrogen-bond acceptors (Lipinski definition) is 3. The Labute approximate surface area is 194 Å². The molecule has 5 rings (SSSR count). The largest absolute Gasteiger partial charge is 0.416 e. The number of alkyl halides is 3. The first-order valence-corrected chi connectivity index (χ1v) is 11.8.